The Morgan fingerprint density at radius 1 is 1.07 bits per heavy atom. The first kappa shape index (κ1) is 20.2. The lowest BCUT2D eigenvalue weighted by molar-refractivity contribution is 0.460. The molecule has 1 aromatic carbocycles. The summed E-state index contributed by atoms with van der Waals surface area (Å²) in [5, 5.41) is 4.89. The quantitative estimate of drug-likeness (QED) is 0.509. The molecule has 1 aliphatic heterocycles. The highest BCUT2D eigenvalue weighted by Gasteiger charge is 2.24. The molecule has 2 aliphatic rings. The lowest BCUT2D eigenvalue weighted by Crippen LogP contribution is -2.26. The van der Waals surface area contributed by atoms with Crippen molar-refractivity contribution < 1.29 is 0 Å². The molecule has 0 atom stereocenters. The number of rotatable bonds is 6. The predicted molar refractivity (Wildman–Crippen MR) is 127 cm³/mol. The van der Waals surface area contributed by atoms with Gasteiger partial charge >= 0.3 is 0 Å². The smallest absolute Gasteiger partial charge is 0.0500 e. The number of hydrogen-bond acceptors (Lipinski definition) is 1. The molecule has 2 aromatic rings. The van der Waals surface area contributed by atoms with Crippen LogP contribution in [0.3, 0.4) is 0 Å². The Balaban J connectivity index is 1.83. The van der Waals surface area contributed by atoms with Gasteiger partial charge in [0.1, 0.15) is 0 Å². The van der Waals surface area contributed by atoms with E-state index in [1.54, 1.807) is 0 Å². The van der Waals surface area contributed by atoms with Crippen molar-refractivity contribution in [3.05, 3.63) is 64.9 Å². The molecule has 0 bridgehead atoms. The number of allylic oxidation sites excluding steroid dienone is 5. The zero-order valence-corrected chi connectivity index (χ0v) is 18.6. The largest absolute Gasteiger partial charge is 0.354 e. The number of aromatic amines is 1. The number of fused-ring (bicyclic) bond motifs is 1. The number of aromatic nitrogens is 1. The summed E-state index contributed by atoms with van der Waals surface area (Å²) in [7, 11) is 0. The minimum atomic E-state index is 0.463. The summed E-state index contributed by atoms with van der Waals surface area (Å²) in [6, 6.07) is 7.12. The maximum Gasteiger partial charge on any atom is 0.0500 e. The molecule has 2 heterocycles. The van der Waals surface area contributed by atoms with Crippen LogP contribution in [0.4, 0.5) is 0 Å². The second-order valence-corrected chi connectivity index (χ2v) is 9.51. The number of benzene rings is 1. The lowest BCUT2D eigenvalue weighted by Gasteiger charge is -2.23. The fraction of sp³-hybridized carbons (Fsp3) is 0.481. The summed E-state index contributed by atoms with van der Waals surface area (Å²) < 4.78 is 0. The van der Waals surface area contributed by atoms with Crippen LogP contribution in [0.25, 0.3) is 16.5 Å². The molecule has 0 spiro atoms. The monoisotopic (exact) mass is 388 g/mol. The van der Waals surface area contributed by atoms with Crippen molar-refractivity contribution in [3.63, 3.8) is 0 Å². The Bertz CT molecular complexity index is 960. The van der Waals surface area contributed by atoms with Crippen LogP contribution in [0.2, 0.25) is 0 Å². The van der Waals surface area contributed by atoms with Crippen LogP contribution in [0.5, 0.6) is 0 Å². The third kappa shape index (κ3) is 4.43. The predicted octanol–water partition coefficient (Wildman–Crippen LogP) is 7.07. The van der Waals surface area contributed by atoms with E-state index in [0.717, 1.165) is 24.6 Å². The molecular formula is C27H36N2. The molecule has 0 radical (unpaired) electrons. The van der Waals surface area contributed by atoms with Crippen molar-refractivity contribution in [1.82, 2.24) is 10.3 Å². The molecule has 1 saturated carbocycles. The molecule has 29 heavy (non-hydrogen) atoms. The summed E-state index contributed by atoms with van der Waals surface area (Å²) in [6.45, 7) is 15.5. The third-order valence-electron chi connectivity index (χ3n) is 6.55. The number of nitrogens with one attached hydrogen (secondary N) is 2. The normalized spacial score (nSPS) is 19.3. The summed E-state index contributed by atoms with van der Waals surface area (Å²) in [5.41, 5.74) is 9.37. The van der Waals surface area contributed by atoms with Gasteiger partial charge in [0.25, 0.3) is 0 Å². The van der Waals surface area contributed by atoms with Crippen molar-refractivity contribution in [2.24, 2.45) is 5.92 Å². The van der Waals surface area contributed by atoms with E-state index in [-0.39, 0.29) is 0 Å². The molecule has 1 aliphatic carbocycles. The first-order valence-corrected chi connectivity index (χ1v) is 11.4. The number of piperidine rings is 1. The SMILES string of the molecule is C=C(C)/C=C(\C=C(/C)C1CC1)c1[nH]c2ccc(C3CCNCC3)cc2c1C(C)C. The van der Waals surface area contributed by atoms with Gasteiger partial charge in [0.15, 0.2) is 0 Å². The van der Waals surface area contributed by atoms with Gasteiger partial charge in [-0.1, -0.05) is 49.8 Å². The molecule has 0 unspecified atom stereocenters. The van der Waals surface area contributed by atoms with E-state index in [4.69, 9.17) is 0 Å². The maximum absolute atomic E-state index is 4.17. The fourth-order valence-corrected chi connectivity index (χ4v) is 4.82. The fourth-order valence-electron chi connectivity index (χ4n) is 4.82. The van der Waals surface area contributed by atoms with Crippen LogP contribution in [0, 0.1) is 5.92 Å². The van der Waals surface area contributed by atoms with Crippen molar-refractivity contribution >= 4 is 16.5 Å². The van der Waals surface area contributed by atoms with Gasteiger partial charge in [0, 0.05) is 16.6 Å². The lowest BCUT2D eigenvalue weighted by atomic mass is 9.88. The van der Waals surface area contributed by atoms with Crippen LogP contribution < -0.4 is 5.32 Å². The topological polar surface area (TPSA) is 27.8 Å². The van der Waals surface area contributed by atoms with Gasteiger partial charge in [0.05, 0.1) is 0 Å². The molecule has 2 fully saturated rings. The zero-order chi connectivity index (χ0) is 20.5. The van der Waals surface area contributed by atoms with Gasteiger partial charge in [-0.2, -0.15) is 0 Å². The highest BCUT2D eigenvalue weighted by Crippen LogP contribution is 2.40. The van der Waals surface area contributed by atoms with Crippen LogP contribution in [0.1, 0.15) is 82.0 Å². The van der Waals surface area contributed by atoms with E-state index in [0.29, 0.717) is 11.8 Å². The van der Waals surface area contributed by atoms with Crippen LogP contribution in [-0.4, -0.2) is 18.1 Å². The first-order chi connectivity index (χ1) is 13.9. The molecule has 154 valence electrons. The number of hydrogen-bond donors (Lipinski definition) is 2. The Kier molecular flexibility index (Phi) is 5.83. The molecule has 1 saturated heterocycles. The first-order valence-electron chi connectivity index (χ1n) is 11.4. The molecular weight excluding hydrogens is 352 g/mol. The summed E-state index contributed by atoms with van der Waals surface area (Å²) in [4.78, 5) is 3.78. The second-order valence-electron chi connectivity index (χ2n) is 9.51. The van der Waals surface area contributed by atoms with Crippen molar-refractivity contribution in [2.75, 3.05) is 13.1 Å². The molecule has 2 heteroatoms. The molecule has 1 aromatic heterocycles. The molecule has 0 amide bonds. The van der Waals surface area contributed by atoms with Crippen molar-refractivity contribution in [3.8, 4) is 0 Å². The molecule has 4 rings (SSSR count). The Labute approximate surface area is 176 Å². The van der Waals surface area contributed by atoms with Crippen LogP contribution >= 0.6 is 0 Å². The van der Waals surface area contributed by atoms with Gasteiger partial charge in [-0.05, 0) is 99.2 Å². The van der Waals surface area contributed by atoms with E-state index >= 15 is 0 Å². The summed E-state index contributed by atoms with van der Waals surface area (Å²) in [6.07, 6.45) is 9.80. The van der Waals surface area contributed by atoms with E-state index in [9.17, 15) is 0 Å². The highest BCUT2D eigenvalue weighted by atomic mass is 14.9. The molecule has 2 N–H and O–H groups in total. The minimum absolute atomic E-state index is 0.463. The van der Waals surface area contributed by atoms with Gasteiger partial charge < -0.3 is 10.3 Å². The zero-order valence-electron chi connectivity index (χ0n) is 18.6. The third-order valence-corrected chi connectivity index (χ3v) is 6.55. The van der Waals surface area contributed by atoms with E-state index < -0.39 is 0 Å². The second kappa shape index (κ2) is 8.36. The minimum Gasteiger partial charge on any atom is -0.354 e. The van der Waals surface area contributed by atoms with Gasteiger partial charge in [-0.3, -0.25) is 0 Å². The summed E-state index contributed by atoms with van der Waals surface area (Å²) >= 11 is 0. The van der Waals surface area contributed by atoms with Gasteiger partial charge in [-0.15, -0.1) is 0 Å². The van der Waals surface area contributed by atoms with E-state index in [1.165, 1.54) is 64.6 Å². The standard InChI is InChI=1S/C27H36N2/c1-17(2)14-23(15-19(5)20-6-7-20)27-26(18(3)4)24-16-22(8-9-25(24)29-27)21-10-12-28-13-11-21/h8-9,14-16,18,20-21,28-29H,1,6-7,10-13H2,2-5H3/b19-15+,23-14+. The van der Waals surface area contributed by atoms with Crippen molar-refractivity contribution in [1.29, 1.82) is 0 Å². The van der Waals surface area contributed by atoms with Gasteiger partial charge in [-0.25, -0.2) is 0 Å². The summed E-state index contributed by atoms with van der Waals surface area (Å²) in [5.74, 6) is 1.92. The average Bonchev–Trinajstić information content (AvgIpc) is 3.47. The Morgan fingerprint density at radius 3 is 2.41 bits per heavy atom. The molecule has 2 nitrogen and oxygen atoms in total. The number of H-pyrrole nitrogens is 1. The maximum atomic E-state index is 4.17. The van der Waals surface area contributed by atoms with Crippen molar-refractivity contribution in [2.45, 2.75) is 65.2 Å². The average molecular weight is 389 g/mol. The van der Waals surface area contributed by atoms with E-state index in [1.807, 2.05) is 0 Å². The highest BCUT2D eigenvalue weighted by molar-refractivity contribution is 5.92. The van der Waals surface area contributed by atoms with Crippen LogP contribution in [0.15, 0.2) is 48.1 Å². The van der Waals surface area contributed by atoms with Crippen LogP contribution in [-0.2, 0) is 0 Å². The van der Waals surface area contributed by atoms with Gasteiger partial charge in [0.2, 0.25) is 0 Å². The van der Waals surface area contributed by atoms with E-state index in [2.05, 4.69) is 74.9 Å². The Morgan fingerprint density at radius 2 is 1.79 bits per heavy atom. The Hall–Kier alpha value is -2.06.